The molecule has 2 heterocycles. The Morgan fingerprint density at radius 1 is 1.40 bits per heavy atom. The number of hydrogen-bond acceptors (Lipinski definition) is 5. The molecule has 15 heavy (non-hydrogen) atoms. The van der Waals surface area contributed by atoms with Crippen LogP contribution in [0.25, 0.3) is 0 Å². The van der Waals surface area contributed by atoms with Crippen LogP contribution in [0.4, 0.5) is 10.2 Å². The average Bonchev–Trinajstić information content (AvgIpc) is 2.71. The molecule has 0 atom stereocenters. The first-order valence-electron chi connectivity index (χ1n) is 4.42. The van der Waals surface area contributed by atoms with Crippen molar-refractivity contribution < 1.29 is 4.39 Å². The summed E-state index contributed by atoms with van der Waals surface area (Å²) >= 11 is 0. The fourth-order valence-electron chi connectivity index (χ4n) is 1.08. The van der Waals surface area contributed by atoms with Crippen LogP contribution in [0.15, 0.2) is 24.5 Å². The molecule has 1 N–H and O–H groups in total. The van der Waals surface area contributed by atoms with Gasteiger partial charge in [0, 0.05) is 6.54 Å². The molecule has 0 radical (unpaired) electrons. The molecule has 2 aromatic heterocycles. The normalized spacial score (nSPS) is 10.2. The molecular weight excluding hydrogens is 199 g/mol. The molecule has 0 fully saturated rings. The Hall–Kier alpha value is -2.05. The number of anilines is 1. The Morgan fingerprint density at radius 2 is 2.33 bits per heavy atom. The van der Waals surface area contributed by atoms with Crippen LogP contribution in [-0.4, -0.2) is 31.7 Å². The lowest BCUT2D eigenvalue weighted by molar-refractivity contribution is 0.537. The zero-order valence-electron chi connectivity index (χ0n) is 7.84. The van der Waals surface area contributed by atoms with Crippen molar-refractivity contribution in [3.05, 3.63) is 30.5 Å². The smallest absolute Gasteiger partial charge is 0.214 e. The van der Waals surface area contributed by atoms with E-state index < -0.39 is 5.95 Å². The molecule has 0 aliphatic rings. The third kappa shape index (κ3) is 2.70. The van der Waals surface area contributed by atoms with Crippen molar-refractivity contribution in [3.63, 3.8) is 0 Å². The predicted octanol–water partition coefficient (Wildman–Crippen LogP) is 0.319. The van der Waals surface area contributed by atoms with Crippen molar-refractivity contribution in [3.8, 4) is 0 Å². The molecule has 0 unspecified atom stereocenters. The molecule has 0 amide bonds. The van der Waals surface area contributed by atoms with E-state index in [2.05, 4.69) is 25.7 Å². The lowest BCUT2D eigenvalue weighted by atomic mass is 10.4. The summed E-state index contributed by atoms with van der Waals surface area (Å²) in [6, 6.07) is 4.58. The van der Waals surface area contributed by atoms with E-state index >= 15 is 0 Å². The maximum atomic E-state index is 12.7. The van der Waals surface area contributed by atoms with Crippen molar-refractivity contribution in [2.75, 3.05) is 11.9 Å². The number of nitrogens with one attached hydrogen (secondary N) is 1. The van der Waals surface area contributed by atoms with Crippen molar-refractivity contribution >= 4 is 5.82 Å². The summed E-state index contributed by atoms with van der Waals surface area (Å²) in [5, 5.41) is 14.0. The van der Waals surface area contributed by atoms with Crippen LogP contribution < -0.4 is 5.32 Å². The molecule has 0 bridgehead atoms. The minimum Gasteiger partial charge on any atom is -0.368 e. The maximum absolute atomic E-state index is 12.7. The molecule has 7 heteroatoms. The third-order valence-electron chi connectivity index (χ3n) is 1.72. The van der Waals surface area contributed by atoms with Crippen LogP contribution in [0.1, 0.15) is 0 Å². The SMILES string of the molecule is Fc1cccc(NCCn2ncnn2)n1. The van der Waals surface area contributed by atoms with E-state index in [1.165, 1.54) is 17.2 Å². The first-order chi connectivity index (χ1) is 7.34. The van der Waals surface area contributed by atoms with Gasteiger partial charge in [-0.3, -0.25) is 0 Å². The molecule has 0 spiro atoms. The highest BCUT2D eigenvalue weighted by molar-refractivity contribution is 5.33. The molecule has 0 aliphatic heterocycles. The van der Waals surface area contributed by atoms with Gasteiger partial charge in [-0.1, -0.05) is 6.07 Å². The molecule has 78 valence electrons. The standard InChI is InChI=1S/C8H9FN6/c9-7-2-1-3-8(13-7)10-4-5-15-12-6-11-14-15/h1-3,6H,4-5H2,(H,10,13). The fraction of sp³-hybridized carbons (Fsp3) is 0.250. The second-order valence-electron chi connectivity index (χ2n) is 2.80. The summed E-state index contributed by atoms with van der Waals surface area (Å²) in [6.45, 7) is 1.12. The van der Waals surface area contributed by atoms with Gasteiger partial charge in [-0.05, 0) is 17.3 Å². The van der Waals surface area contributed by atoms with Gasteiger partial charge in [0.1, 0.15) is 5.82 Å². The monoisotopic (exact) mass is 208 g/mol. The summed E-state index contributed by atoms with van der Waals surface area (Å²) in [4.78, 5) is 5.09. The first kappa shape index (κ1) is 9.50. The Balaban J connectivity index is 1.83. The summed E-state index contributed by atoms with van der Waals surface area (Å²) in [5.41, 5.74) is 0. The largest absolute Gasteiger partial charge is 0.368 e. The summed E-state index contributed by atoms with van der Waals surface area (Å²) in [6.07, 6.45) is 1.36. The molecule has 0 aromatic carbocycles. The van der Waals surface area contributed by atoms with Crippen molar-refractivity contribution in [2.24, 2.45) is 0 Å². The van der Waals surface area contributed by atoms with E-state index in [1.54, 1.807) is 12.1 Å². The number of nitrogens with zero attached hydrogens (tertiary/aromatic N) is 5. The van der Waals surface area contributed by atoms with Gasteiger partial charge < -0.3 is 5.32 Å². The van der Waals surface area contributed by atoms with Gasteiger partial charge in [0.15, 0.2) is 6.33 Å². The van der Waals surface area contributed by atoms with Gasteiger partial charge in [-0.2, -0.15) is 9.19 Å². The number of pyridine rings is 1. The van der Waals surface area contributed by atoms with Crippen LogP contribution in [0, 0.1) is 5.95 Å². The second kappa shape index (κ2) is 4.45. The van der Waals surface area contributed by atoms with E-state index in [4.69, 9.17) is 0 Å². The van der Waals surface area contributed by atoms with Crippen molar-refractivity contribution in [2.45, 2.75) is 6.54 Å². The van der Waals surface area contributed by atoms with Gasteiger partial charge >= 0.3 is 0 Å². The first-order valence-corrected chi connectivity index (χ1v) is 4.42. The summed E-state index contributed by atoms with van der Waals surface area (Å²) in [5.74, 6) is -0.00556. The minimum atomic E-state index is -0.501. The lowest BCUT2D eigenvalue weighted by Crippen LogP contribution is -2.13. The van der Waals surface area contributed by atoms with Gasteiger partial charge in [-0.15, -0.1) is 10.2 Å². The van der Waals surface area contributed by atoms with Crippen molar-refractivity contribution in [1.82, 2.24) is 25.2 Å². The summed E-state index contributed by atoms with van der Waals surface area (Å²) in [7, 11) is 0. The molecule has 0 saturated heterocycles. The maximum Gasteiger partial charge on any atom is 0.214 e. The Kier molecular flexibility index (Phi) is 2.82. The number of halogens is 1. The lowest BCUT2D eigenvalue weighted by Gasteiger charge is -2.03. The van der Waals surface area contributed by atoms with E-state index in [-0.39, 0.29) is 0 Å². The fourth-order valence-corrected chi connectivity index (χ4v) is 1.08. The van der Waals surface area contributed by atoms with Crippen LogP contribution >= 0.6 is 0 Å². The van der Waals surface area contributed by atoms with Crippen LogP contribution in [0.5, 0.6) is 0 Å². The number of rotatable bonds is 4. The average molecular weight is 208 g/mol. The highest BCUT2D eigenvalue weighted by atomic mass is 19.1. The van der Waals surface area contributed by atoms with E-state index in [1.807, 2.05) is 0 Å². The topological polar surface area (TPSA) is 68.5 Å². The molecule has 2 rings (SSSR count). The van der Waals surface area contributed by atoms with Crippen LogP contribution in [0.3, 0.4) is 0 Å². The minimum absolute atomic E-state index is 0.495. The second-order valence-corrected chi connectivity index (χ2v) is 2.80. The molecule has 2 aromatic rings. The Bertz CT molecular complexity index is 415. The van der Waals surface area contributed by atoms with E-state index in [0.717, 1.165) is 0 Å². The highest BCUT2D eigenvalue weighted by Crippen LogP contribution is 2.02. The van der Waals surface area contributed by atoms with Gasteiger partial charge in [-0.25, -0.2) is 4.98 Å². The molecular formula is C8H9FN6. The van der Waals surface area contributed by atoms with Crippen LogP contribution in [0.2, 0.25) is 0 Å². The quantitative estimate of drug-likeness (QED) is 0.733. The van der Waals surface area contributed by atoms with Crippen molar-refractivity contribution in [1.29, 1.82) is 0 Å². The number of hydrogen-bond donors (Lipinski definition) is 1. The zero-order valence-corrected chi connectivity index (χ0v) is 7.84. The number of aromatic nitrogens is 5. The molecule has 0 aliphatic carbocycles. The van der Waals surface area contributed by atoms with E-state index in [0.29, 0.717) is 18.9 Å². The Morgan fingerprint density at radius 3 is 3.07 bits per heavy atom. The van der Waals surface area contributed by atoms with Gasteiger partial charge in [0.2, 0.25) is 5.95 Å². The highest BCUT2D eigenvalue weighted by Gasteiger charge is 1.96. The number of tetrazole rings is 1. The van der Waals surface area contributed by atoms with Crippen LogP contribution in [-0.2, 0) is 6.54 Å². The van der Waals surface area contributed by atoms with Gasteiger partial charge in [0.05, 0.1) is 6.54 Å². The summed E-state index contributed by atoms with van der Waals surface area (Å²) < 4.78 is 12.7. The Labute approximate surface area is 85.1 Å². The third-order valence-corrected chi connectivity index (χ3v) is 1.72. The zero-order chi connectivity index (χ0) is 10.5. The predicted molar refractivity (Wildman–Crippen MR) is 50.5 cm³/mol. The van der Waals surface area contributed by atoms with Gasteiger partial charge in [0.25, 0.3) is 0 Å². The molecule has 6 nitrogen and oxygen atoms in total. The van der Waals surface area contributed by atoms with E-state index in [9.17, 15) is 4.39 Å². The molecule has 0 saturated carbocycles.